The minimum atomic E-state index is -1.35. The molecule has 356 valence electrons. The van der Waals surface area contributed by atoms with E-state index in [1.54, 1.807) is 13.2 Å². The summed E-state index contributed by atoms with van der Waals surface area (Å²) in [6, 6.07) is 38.8. The van der Waals surface area contributed by atoms with Crippen LogP contribution in [0.2, 0.25) is 0 Å². The molecule has 5 aromatic rings. The SMILES string of the molecule is C=CCO[C@@]12Oc3ccc(Oc4ccc(-c5ccccc5)cc4)cc3[C@H]3[C@H](CCCCO)[C@@H](CCCCO)C=C(C(=NOC)C[C@@H]1N(Cc1cccc4ccccc14)C(=O)CCC1CCCC1)[C@H]32. The number of fused-ring (bicyclic) bond motifs is 3. The van der Waals surface area contributed by atoms with E-state index in [1.807, 2.05) is 42.5 Å². The molecule has 1 amide bonds. The van der Waals surface area contributed by atoms with E-state index in [0.717, 1.165) is 95.0 Å². The van der Waals surface area contributed by atoms with Crippen LogP contribution in [0.25, 0.3) is 21.9 Å². The van der Waals surface area contributed by atoms with Crippen molar-refractivity contribution in [3.05, 3.63) is 151 Å². The van der Waals surface area contributed by atoms with Gasteiger partial charge in [-0.25, -0.2) is 0 Å². The highest BCUT2D eigenvalue weighted by Crippen LogP contribution is 2.62. The minimum absolute atomic E-state index is 0.0748. The van der Waals surface area contributed by atoms with Gasteiger partial charge in [-0.05, 0) is 113 Å². The highest BCUT2D eigenvalue weighted by molar-refractivity contribution is 6.03. The van der Waals surface area contributed by atoms with Crippen molar-refractivity contribution in [1.29, 1.82) is 0 Å². The summed E-state index contributed by atoms with van der Waals surface area (Å²) < 4.78 is 21.6. The second-order valence-corrected chi connectivity index (χ2v) is 19.3. The van der Waals surface area contributed by atoms with E-state index in [4.69, 9.17) is 24.2 Å². The zero-order valence-corrected chi connectivity index (χ0v) is 39.6. The molecular formula is C59H68N2O7. The van der Waals surface area contributed by atoms with Gasteiger partial charge in [0, 0.05) is 44.1 Å². The van der Waals surface area contributed by atoms with E-state index < -0.39 is 17.7 Å². The average molecular weight is 917 g/mol. The molecule has 2 fully saturated rings. The van der Waals surface area contributed by atoms with Crippen molar-refractivity contribution >= 4 is 22.4 Å². The first-order valence-electron chi connectivity index (χ1n) is 25.2. The molecule has 0 radical (unpaired) electrons. The highest BCUT2D eigenvalue weighted by atomic mass is 16.7. The Morgan fingerprint density at radius 2 is 1.56 bits per heavy atom. The molecule has 0 aromatic heterocycles. The molecule has 9 nitrogen and oxygen atoms in total. The van der Waals surface area contributed by atoms with E-state index >= 15 is 4.79 Å². The molecule has 0 unspecified atom stereocenters. The van der Waals surface area contributed by atoms with Gasteiger partial charge in [0.25, 0.3) is 0 Å². The number of ether oxygens (including phenoxy) is 3. The highest BCUT2D eigenvalue weighted by Gasteiger charge is 2.65. The molecule has 0 spiro atoms. The third-order valence-corrected chi connectivity index (χ3v) is 15.2. The lowest BCUT2D eigenvalue weighted by Crippen LogP contribution is -2.70. The number of unbranched alkanes of at least 4 members (excludes halogenated alkanes) is 2. The number of carbonyl (C=O) groups excluding carboxylic acids is 1. The van der Waals surface area contributed by atoms with E-state index in [0.29, 0.717) is 49.6 Å². The zero-order valence-electron chi connectivity index (χ0n) is 39.6. The van der Waals surface area contributed by atoms with Gasteiger partial charge in [-0.3, -0.25) is 4.79 Å². The lowest BCUT2D eigenvalue weighted by Gasteiger charge is -2.60. The van der Waals surface area contributed by atoms with Crippen LogP contribution in [-0.4, -0.2) is 65.5 Å². The summed E-state index contributed by atoms with van der Waals surface area (Å²) in [7, 11) is 1.60. The van der Waals surface area contributed by atoms with Gasteiger partial charge >= 0.3 is 0 Å². The number of nitrogens with zero attached hydrogens (tertiary/aromatic N) is 2. The fourth-order valence-corrected chi connectivity index (χ4v) is 12.1. The molecule has 9 rings (SSSR count). The maximum Gasteiger partial charge on any atom is 0.239 e. The van der Waals surface area contributed by atoms with Crippen LogP contribution in [-0.2, 0) is 20.9 Å². The summed E-state index contributed by atoms with van der Waals surface area (Å²) in [5.74, 6) is 1.02. The Morgan fingerprint density at radius 1 is 0.838 bits per heavy atom. The van der Waals surface area contributed by atoms with Crippen LogP contribution in [0.4, 0.5) is 0 Å². The van der Waals surface area contributed by atoms with Crippen LogP contribution in [0, 0.1) is 23.7 Å². The van der Waals surface area contributed by atoms with Gasteiger partial charge in [-0.15, -0.1) is 6.58 Å². The van der Waals surface area contributed by atoms with Gasteiger partial charge in [0.05, 0.1) is 18.2 Å². The van der Waals surface area contributed by atoms with Gasteiger partial charge in [0.15, 0.2) is 0 Å². The summed E-state index contributed by atoms with van der Waals surface area (Å²) in [6.07, 6.45) is 15.4. The van der Waals surface area contributed by atoms with Crippen molar-refractivity contribution in [3.63, 3.8) is 0 Å². The number of aliphatic hydroxyl groups excluding tert-OH is 2. The largest absolute Gasteiger partial charge is 0.459 e. The summed E-state index contributed by atoms with van der Waals surface area (Å²) in [5.41, 5.74) is 6.13. The molecule has 1 aliphatic heterocycles. The number of hydrogen-bond acceptors (Lipinski definition) is 8. The standard InChI is InChI=1S/C59H68N2O7/c1-3-36-66-59-55(61(56(64)33-26-41-16-7-8-17-41)40-46-23-15-22-44-20-9-10-24-49(44)46)39-53(60-65-2)51-37-45(21-11-13-34-62)50(25-12-14-35-63)57(58(51)59)52-38-48(31-32-54(52)68-59)67-47-29-27-43(28-30-47)42-18-5-4-6-19-42/h3-6,9-10,15,18-20,22-24,27-32,37-38,41,45,50,55,57-58,62-63H,1,7-8,11-14,16-17,21,25-26,33-36,39-40H2,2H3/t45-,50+,55-,57+,58+,59+/m0/s1. The molecule has 0 saturated heterocycles. The first-order chi connectivity index (χ1) is 33.4. The van der Waals surface area contributed by atoms with E-state index in [1.165, 1.54) is 12.8 Å². The molecule has 1 heterocycles. The van der Waals surface area contributed by atoms with Crippen molar-refractivity contribution < 1.29 is 34.1 Å². The van der Waals surface area contributed by atoms with Crippen LogP contribution in [0.15, 0.2) is 145 Å². The predicted octanol–water partition coefficient (Wildman–Crippen LogP) is 12.6. The lowest BCUT2D eigenvalue weighted by molar-refractivity contribution is -0.258. The number of amides is 1. The molecule has 3 aliphatic carbocycles. The maximum atomic E-state index is 15.4. The summed E-state index contributed by atoms with van der Waals surface area (Å²) in [4.78, 5) is 23.2. The Labute approximate surface area is 402 Å². The van der Waals surface area contributed by atoms with Gasteiger partial charge in [-0.1, -0.05) is 141 Å². The van der Waals surface area contributed by atoms with Crippen LogP contribution in [0.1, 0.15) is 101 Å². The van der Waals surface area contributed by atoms with Gasteiger partial charge < -0.3 is 34.2 Å². The Bertz CT molecular complexity index is 2540. The average Bonchev–Trinajstić information content (AvgIpc) is 3.90. The van der Waals surface area contributed by atoms with Crippen molar-refractivity contribution in [2.45, 2.75) is 108 Å². The van der Waals surface area contributed by atoms with Gasteiger partial charge in [-0.2, -0.15) is 0 Å². The second-order valence-electron chi connectivity index (χ2n) is 19.3. The van der Waals surface area contributed by atoms with Crippen LogP contribution >= 0.6 is 0 Å². The second kappa shape index (κ2) is 22.1. The van der Waals surface area contributed by atoms with Crippen LogP contribution in [0.3, 0.4) is 0 Å². The lowest BCUT2D eigenvalue weighted by atomic mass is 9.55. The molecule has 5 aromatic carbocycles. The summed E-state index contributed by atoms with van der Waals surface area (Å²) in [6.45, 7) is 4.94. The van der Waals surface area contributed by atoms with Crippen molar-refractivity contribution in [2.75, 3.05) is 26.9 Å². The fraction of sp³-hybridized carbons (Fsp3) is 0.424. The van der Waals surface area contributed by atoms with Gasteiger partial charge in [0.2, 0.25) is 11.7 Å². The Morgan fingerprint density at radius 3 is 2.32 bits per heavy atom. The number of aliphatic hydroxyl groups is 2. The molecular weight excluding hydrogens is 849 g/mol. The first kappa shape index (κ1) is 47.3. The maximum absolute atomic E-state index is 15.4. The van der Waals surface area contributed by atoms with Crippen LogP contribution in [0.5, 0.6) is 17.2 Å². The number of carbonyl (C=O) groups is 1. The minimum Gasteiger partial charge on any atom is -0.459 e. The topological polar surface area (TPSA) is 110 Å². The Balaban J connectivity index is 1.20. The smallest absolute Gasteiger partial charge is 0.239 e. The van der Waals surface area contributed by atoms with Crippen molar-refractivity contribution in [3.8, 4) is 28.4 Å². The van der Waals surface area contributed by atoms with Gasteiger partial charge in [0.1, 0.15) is 30.4 Å². The fourth-order valence-electron chi connectivity index (χ4n) is 12.1. The van der Waals surface area contributed by atoms with Crippen molar-refractivity contribution in [1.82, 2.24) is 4.90 Å². The van der Waals surface area contributed by atoms with E-state index in [9.17, 15) is 10.2 Å². The van der Waals surface area contributed by atoms with E-state index in [-0.39, 0.29) is 43.5 Å². The molecule has 2 saturated carbocycles. The number of benzene rings is 5. The third kappa shape index (κ3) is 10.0. The Kier molecular flexibility index (Phi) is 15.4. The summed E-state index contributed by atoms with van der Waals surface area (Å²) in [5, 5.41) is 27.2. The Hall–Kier alpha value is -5.74. The van der Waals surface area contributed by atoms with E-state index in [2.05, 4.69) is 90.4 Å². The summed E-state index contributed by atoms with van der Waals surface area (Å²) >= 11 is 0. The van der Waals surface area contributed by atoms with Crippen molar-refractivity contribution in [2.24, 2.45) is 28.8 Å². The molecule has 6 atom stereocenters. The molecule has 4 aliphatic rings. The molecule has 68 heavy (non-hydrogen) atoms. The number of oxime groups is 1. The predicted molar refractivity (Wildman–Crippen MR) is 270 cm³/mol. The number of hydrogen-bond donors (Lipinski definition) is 2. The normalized spacial score (nSPS) is 23.6. The number of allylic oxidation sites excluding steroid dienone is 1. The molecule has 9 heteroatoms. The molecule has 0 bridgehead atoms. The zero-order chi connectivity index (χ0) is 46.9. The molecule has 2 N–H and O–H groups in total. The number of rotatable bonds is 21. The first-order valence-corrected chi connectivity index (χ1v) is 25.2. The van der Waals surface area contributed by atoms with Crippen LogP contribution < -0.4 is 9.47 Å². The monoisotopic (exact) mass is 917 g/mol. The quantitative estimate of drug-likeness (QED) is 0.0428. The third-order valence-electron chi connectivity index (χ3n) is 15.2.